The molecule has 1 aromatic heterocycles. The fourth-order valence-corrected chi connectivity index (χ4v) is 3.50. The van der Waals surface area contributed by atoms with E-state index in [4.69, 9.17) is 10.7 Å². The Kier molecular flexibility index (Phi) is 3.69. The molecule has 3 rings (SSSR count). The van der Waals surface area contributed by atoms with Gasteiger partial charge < -0.3 is 15.7 Å². The van der Waals surface area contributed by atoms with Crippen molar-refractivity contribution >= 4 is 5.82 Å². The number of nitrogens with two attached hydrogens (primary N) is 1. The van der Waals surface area contributed by atoms with E-state index in [0.29, 0.717) is 13.1 Å². The summed E-state index contributed by atoms with van der Waals surface area (Å²) < 4.78 is 0. The van der Waals surface area contributed by atoms with E-state index in [2.05, 4.69) is 11.0 Å². The van der Waals surface area contributed by atoms with Gasteiger partial charge >= 0.3 is 0 Å². The Labute approximate surface area is 121 Å². The van der Waals surface area contributed by atoms with Crippen molar-refractivity contribution in [3.63, 3.8) is 0 Å². The van der Waals surface area contributed by atoms with Crippen LogP contribution in [0.15, 0.2) is 6.07 Å². The van der Waals surface area contributed by atoms with E-state index < -0.39 is 5.60 Å². The van der Waals surface area contributed by atoms with Crippen molar-refractivity contribution in [2.45, 2.75) is 57.6 Å². The molecule has 0 aromatic carbocycles. The van der Waals surface area contributed by atoms with E-state index in [1.807, 2.05) is 6.92 Å². The van der Waals surface area contributed by atoms with Crippen LogP contribution in [0.4, 0.5) is 5.82 Å². The first-order valence-electron chi connectivity index (χ1n) is 7.78. The summed E-state index contributed by atoms with van der Waals surface area (Å²) in [5.74, 6) is 1.01. The lowest BCUT2D eigenvalue weighted by Crippen LogP contribution is -2.47. The summed E-state index contributed by atoms with van der Waals surface area (Å²) >= 11 is 0. The average molecular weight is 275 g/mol. The van der Waals surface area contributed by atoms with Crippen molar-refractivity contribution in [2.75, 3.05) is 18.0 Å². The normalized spacial score (nSPS) is 26.4. The third kappa shape index (κ3) is 2.67. The Hall–Kier alpha value is -1.13. The number of anilines is 1. The Bertz CT molecular complexity index is 499. The van der Waals surface area contributed by atoms with Crippen molar-refractivity contribution in [3.8, 4) is 0 Å². The number of hydrogen-bond acceptors (Lipinski definition) is 4. The lowest BCUT2D eigenvalue weighted by molar-refractivity contribution is 0.0446. The van der Waals surface area contributed by atoms with E-state index in [0.717, 1.165) is 43.6 Å². The van der Waals surface area contributed by atoms with E-state index in [1.54, 1.807) is 0 Å². The minimum atomic E-state index is -0.609. The molecule has 3 N–H and O–H groups in total. The fraction of sp³-hybridized carbons (Fsp3) is 0.688. The third-order valence-electron chi connectivity index (χ3n) is 4.55. The summed E-state index contributed by atoms with van der Waals surface area (Å²) in [6, 6.07) is 2.25. The fourth-order valence-electron chi connectivity index (χ4n) is 3.50. The molecule has 1 fully saturated rings. The largest absolute Gasteiger partial charge is 0.388 e. The molecule has 110 valence electrons. The number of aryl methyl sites for hydroxylation is 2. The number of piperidine rings is 1. The van der Waals surface area contributed by atoms with Crippen LogP contribution in [0.25, 0.3) is 0 Å². The summed E-state index contributed by atoms with van der Waals surface area (Å²) in [5.41, 5.74) is 9.07. The summed E-state index contributed by atoms with van der Waals surface area (Å²) in [4.78, 5) is 7.13. The number of rotatable bonds is 2. The topological polar surface area (TPSA) is 62.4 Å². The molecule has 0 spiro atoms. The molecule has 1 aromatic rings. The zero-order valence-corrected chi connectivity index (χ0v) is 12.4. The highest BCUT2D eigenvalue weighted by molar-refractivity contribution is 5.51. The monoisotopic (exact) mass is 275 g/mol. The van der Waals surface area contributed by atoms with Crippen molar-refractivity contribution in [1.29, 1.82) is 0 Å². The molecule has 20 heavy (non-hydrogen) atoms. The lowest BCUT2D eigenvalue weighted by Gasteiger charge is -2.38. The number of hydrogen-bond donors (Lipinski definition) is 2. The van der Waals surface area contributed by atoms with Crippen LogP contribution >= 0.6 is 0 Å². The molecule has 1 aliphatic carbocycles. The van der Waals surface area contributed by atoms with Gasteiger partial charge in [-0.15, -0.1) is 0 Å². The maximum atomic E-state index is 10.3. The summed E-state index contributed by atoms with van der Waals surface area (Å²) in [6.45, 7) is 4.06. The third-order valence-corrected chi connectivity index (χ3v) is 4.55. The summed E-state index contributed by atoms with van der Waals surface area (Å²) in [5, 5.41) is 10.3. The van der Waals surface area contributed by atoms with Crippen LogP contribution in [-0.4, -0.2) is 28.8 Å². The van der Waals surface area contributed by atoms with E-state index >= 15 is 0 Å². The minimum absolute atomic E-state index is 0.522. The molecule has 0 saturated carbocycles. The van der Waals surface area contributed by atoms with Crippen molar-refractivity contribution in [1.82, 2.24) is 4.98 Å². The second kappa shape index (κ2) is 5.34. The number of pyridine rings is 1. The minimum Gasteiger partial charge on any atom is -0.388 e. The molecule has 1 saturated heterocycles. The molecule has 4 nitrogen and oxygen atoms in total. The molecular formula is C16H25N3O. The molecule has 1 aliphatic heterocycles. The second-order valence-electron chi connectivity index (χ2n) is 6.51. The van der Waals surface area contributed by atoms with Gasteiger partial charge in [0.1, 0.15) is 5.82 Å². The van der Waals surface area contributed by atoms with E-state index in [9.17, 15) is 5.11 Å². The SMILES string of the molecule is CC1(O)CCCN(c2nc3c(cc2CN)CCCC3)C1. The molecule has 1 atom stereocenters. The highest BCUT2D eigenvalue weighted by Gasteiger charge is 2.30. The predicted octanol–water partition coefficient (Wildman–Crippen LogP) is 1.77. The average Bonchev–Trinajstić information content (AvgIpc) is 2.44. The molecular weight excluding hydrogens is 250 g/mol. The van der Waals surface area contributed by atoms with Gasteiger partial charge in [-0.1, -0.05) is 0 Å². The van der Waals surface area contributed by atoms with Gasteiger partial charge in [0.2, 0.25) is 0 Å². The predicted molar refractivity (Wildman–Crippen MR) is 80.8 cm³/mol. The van der Waals surface area contributed by atoms with Gasteiger partial charge in [0.05, 0.1) is 5.60 Å². The Morgan fingerprint density at radius 1 is 1.35 bits per heavy atom. The van der Waals surface area contributed by atoms with Crippen LogP contribution in [0.2, 0.25) is 0 Å². The van der Waals surface area contributed by atoms with Gasteiger partial charge in [-0.3, -0.25) is 0 Å². The van der Waals surface area contributed by atoms with Crippen LogP contribution < -0.4 is 10.6 Å². The Morgan fingerprint density at radius 3 is 2.90 bits per heavy atom. The highest BCUT2D eigenvalue weighted by atomic mass is 16.3. The van der Waals surface area contributed by atoms with Crippen LogP contribution in [0.1, 0.15) is 49.4 Å². The molecule has 0 amide bonds. The second-order valence-corrected chi connectivity index (χ2v) is 6.51. The highest BCUT2D eigenvalue weighted by Crippen LogP contribution is 2.30. The summed E-state index contributed by atoms with van der Waals surface area (Å²) in [7, 11) is 0. The van der Waals surface area contributed by atoms with Gasteiger partial charge in [0.25, 0.3) is 0 Å². The first kappa shape index (κ1) is 13.8. The molecule has 0 bridgehead atoms. The number of β-amino-alcohol motifs (C(OH)–C–C–N with tert-alkyl or cyclic N) is 1. The smallest absolute Gasteiger partial charge is 0.133 e. The Morgan fingerprint density at radius 2 is 2.15 bits per heavy atom. The van der Waals surface area contributed by atoms with Crippen molar-refractivity contribution in [2.24, 2.45) is 5.73 Å². The lowest BCUT2D eigenvalue weighted by atomic mass is 9.93. The Balaban J connectivity index is 1.95. The van der Waals surface area contributed by atoms with Crippen LogP contribution in [0.5, 0.6) is 0 Å². The van der Waals surface area contributed by atoms with Gasteiger partial charge in [-0.05, 0) is 57.1 Å². The van der Waals surface area contributed by atoms with Crippen molar-refractivity contribution in [3.05, 3.63) is 22.9 Å². The zero-order valence-electron chi connectivity index (χ0n) is 12.4. The van der Waals surface area contributed by atoms with Crippen molar-refractivity contribution < 1.29 is 5.11 Å². The molecule has 1 unspecified atom stereocenters. The number of aliphatic hydroxyl groups is 1. The zero-order chi connectivity index (χ0) is 14.2. The maximum Gasteiger partial charge on any atom is 0.133 e. The van der Waals surface area contributed by atoms with Gasteiger partial charge in [0.15, 0.2) is 0 Å². The molecule has 0 radical (unpaired) electrons. The van der Waals surface area contributed by atoms with Gasteiger partial charge in [-0.2, -0.15) is 0 Å². The maximum absolute atomic E-state index is 10.3. The molecule has 2 heterocycles. The standard InChI is InChI=1S/C16H25N3O/c1-16(20)7-4-8-19(11-16)15-13(10-17)9-12-5-2-3-6-14(12)18-15/h9,20H,2-8,10-11,17H2,1H3. The van der Waals surface area contributed by atoms with Crippen LogP contribution in [-0.2, 0) is 19.4 Å². The number of nitrogens with zero attached hydrogens (tertiary/aromatic N) is 2. The quantitative estimate of drug-likeness (QED) is 0.863. The number of aromatic nitrogens is 1. The summed E-state index contributed by atoms with van der Waals surface area (Å²) in [6.07, 6.45) is 6.59. The molecule has 4 heteroatoms. The van der Waals surface area contributed by atoms with Gasteiger partial charge in [0, 0.05) is 30.9 Å². The van der Waals surface area contributed by atoms with E-state index in [1.165, 1.54) is 24.1 Å². The van der Waals surface area contributed by atoms with Crippen LogP contribution in [0, 0.1) is 0 Å². The van der Waals surface area contributed by atoms with Crippen LogP contribution in [0.3, 0.4) is 0 Å². The molecule has 2 aliphatic rings. The first-order chi connectivity index (χ1) is 9.59. The number of fused-ring (bicyclic) bond motifs is 1. The van der Waals surface area contributed by atoms with E-state index in [-0.39, 0.29) is 0 Å². The van der Waals surface area contributed by atoms with Gasteiger partial charge in [-0.25, -0.2) is 4.98 Å². The first-order valence-corrected chi connectivity index (χ1v) is 7.78.